The maximum absolute atomic E-state index is 11.8. The van der Waals surface area contributed by atoms with Gasteiger partial charge in [-0.3, -0.25) is 4.79 Å². The smallest absolute Gasteiger partial charge is 0.306 e. The fourth-order valence-corrected chi connectivity index (χ4v) is 7.94. The molecule has 0 aromatic heterocycles. The number of fused-ring (bicyclic) bond motifs is 5. The van der Waals surface area contributed by atoms with E-state index in [2.05, 4.69) is 36.7 Å². The van der Waals surface area contributed by atoms with Crippen LogP contribution in [0.5, 0.6) is 0 Å². The van der Waals surface area contributed by atoms with E-state index in [1.54, 1.807) is 0 Å². The van der Waals surface area contributed by atoms with Crippen molar-refractivity contribution in [1.29, 1.82) is 0 Å². The second-order valence-corrected chi connectivity index (χ2v) is 10.5. The summed E-state index contributed by atoms with van der Waals surface area (Å²) < 4.78 is 5.80. The Morgan fingerprint density at radius 3 is 2.57 bits per heavy atom. The molecular formula is C19H29BrO3. The van der Waals surface area contributed by atoms with Gasteiger partial charge in [-0.15, -0.1) is 0 Å². The Morgan fingerprint density at radius 2 is 1.83 bits per heavy atom. The zero-order chi connectivity index (χ0) is 16.6. The molecule has 0 spiro atoms. The molecule has 4 fully saturated rings. The second-order valence-electron chi connectivity index (χ2n) is 9.31. The zero-order valence-electron chi connectivity index (χ0n) is 14.5. The normalized spacial score (nSPS) is 58.8. The molecule has 3 aliphatic carbocycles. The molecule has 23 heavy (non-hydrogen) atoms. The van der Waals surface area contributed by atoms with Gasteiger partial charge >= 0.3 is 5.97 Å². The molecule has 0 radical (unpaired) electrons. The van der Waals surface area contributed by atoms with E-state index in [9.17, 15) is 9.90 Å². The van der Waals surface area contributed by atoms with E-state index in [-0.39, 0.29) is 27.7 Å². The molecule has 1 aliphatic heterocycles. The molecule has 130 valence electrons. The van der Waals surface area contributed by atoms with Crippen LogP contribution in [0.2, 0.25) is 0 Å². The lowest BCUT2D eigenvalue weighted by molar-refractivity contribution is -0.194. The Kier molecular flexibility index (Phi) is 3.54. The van der Waals surface area contributed by atoms with E-state index in [0.717, 1.165) is 38.5 Å². The average molecular weight is 385 g/mol. The zero-order valence-corrected chi connectivity index (χ0v) is 16.1. The van der Waals surface area contributed by atoms with Crippen LogP contribution in [0.25, 0.3) is 0 Å². The van der Waals surface area contributed by atoms with Crippen molar-refractivity contribution in [2.75, 3.05) is 0 Å². The highest BCUT2D eigenvalue weighted by molar-refractivity contribution is 9.09. The summed E-state index contributed by atoms with van der Waals surface area (Å²) in [6.45, 7) is 6.72. The van der Waals surface area contributed by atoms with E-state index >= 15 is 0 Å². The number of halogens is 1. The summed E-state index contributed by atoms with van der Waals surface area (Å²) in [5, 5.41) is 11.0. The molecule has 1 saturated heterocycles. The largest absolute Gasteiger partial charge is 0.461 e. The van der Waals surface area contributed by atoms with Gasteiger partial charge in [-0.05, 0) is 68.6 Å². The number of hydrogen-bond donors (Lipinski definition) is 1. The van der Waals surface area contributed by atoms with Gasteiger partial charge in [0, 0.05) is 11.8 Å². The van der Waals surface area contributed by atoms with Crippen LogP contribution in [-0.4, -0.2) is 27.6 Å². The monoisotopic (exact) mass is 384 g/mol. The van der Waals surface area contributed by atoms with Gasteiger partial charge in [0.15, 0.2) is 0 Å². The van der Waals surface area contributed by atoms with E-state index in [4.69, 9.17) is 4.74 Å². The van der Waals surface area contributed by atoms with Crippen LogP contribution >= 0.6 is 15.9 Å². The molecule has 4 heteroatoms. The fourth-order valence-electron chi connectivity index (χ4n) is 6.79. The number of hydrogen-bond acceptors (Lipinski definition) is 3. The van der Waals surface area contributed by atoms with Crippen LogP contribution in [0, 0.1) is 28.6 Å². The molecule has 0 bridgehead atoms. The Bertz CT molecular complexity index is 533. The maximum Gasteiger partial charge on any atom is 0.306 e. The predicted molar refractivity (Wildman–Crippen MR) is 92.2 cm³/mol. The van der Waals surface area contributed by atoms with Gasteiger partial charge in [0.05, 0.1) is 10.4 Å². The molecule has 0 aromatic rings. The van der Waals surface area contributed by atoms with E-state index in [1.165, 1.54) is 0 Å². The number of aliphatic hydroxyl groups is 1. The quantitative estimate of drug-likeness (QED) is 0.505. The number of ether oxygens (including phenoxy) is 1. The molecule has 4 rings (SSSR count). The lowest BCUT2D eigenvalue weighted by Gasteiger charge is -2.61. The van der Waals surface area contributed by atoms with Gasteiger partial charge < -0.3 is 9.84 Å². The minimum atomic E-state index is -0.527. The summed E-state index contributed by atoms with van der Waals surface area (Å²) in [5.41, 5.74) is -0.378. The highest BCUT2D eigenvalue weighted by Crippen LogP contribution is 2.67. The van der Waals surface area contributed by atoms with Gasteiger partial charge in [0.25, 0.3) is 0 Å². The molecule has 1 N–H and O–H groups in total. The average Bonchev–Trinajstić information content (AvgIpc) is 2.72. The van der Waals surface area contributed by atoms with Crippen molar-refractivity contribution in [3.05, 3.63) is 0 Å². The number of carbonyl (C=O) groups excluding carboxylic acids is 1. The topological polar surface area (TPSA) is 46.5 Å². The highest BCUT2D eigenvalue weighted by Gasteiger charge is 2.65. The van der Waals surface area contributed by atoms with Gasteiger partial charge in [-0.25, -0.2) is 0 Å². The predicted octanol–water partition coefficient (Wildman–Crippen LogP) is 4.06. The highest BCUT2D eigenvalue weighted by atomic mass is 79.9. The van der Waals surface area contributed by atoms with Crippen LogP contribution in [0.3, 0.4) is 0 Å². The first-order valence-corrected chi connectivity index (χ1v) is 10.2. The van der Waals surface area contributed by atoms with Crippen LogP contribution in [0.15, 0.2) is 0 Å². The van der Waals surface area contributed by atoms with E-state index in [0.29, 0.717) is 24.2 Å². The van der Waals surface area contributed by atoms with E-state index < -0.39 is 5.60 Å². The Hall–Kier alpha value is -0.0900. The third kappa shape index (κ3) is 2.06. The van der Waals surface area contributed by atoms with Crippen molar-refractivity contribution < 1.29 is 14.6 Å². The molecule has 0 aromatic carbocycles. The van der Waals surface area contributed by atoms with Crippen molar-refractivity contribution in [3.8, 4) is 0 Å². The Morgan fingerprint density at radius 1 is 1.13 bits per heavy atom. The van der Waals surface area contributed by atoms with Gasteiger partial charge in [0.1, 0.15) is 6.10 Å². The van der Waals surface area contributed by atoms with E-state index in [1.807, 2.05) is 0 Å². The summed E-state index contributed by atoms with van der Waals surface area (Å²) >= 11 is 3.86. The third-order valence-electron chi connectivity index (χ3n) is 8.45. The summed E-state index contributed by atoms with van der Waals surface area (Å²) in [5.74, 6) is 1.85. The lowest BCUT2D eigenvalue weighted by atomic mass is 9.47. The fraction of sp³-hybridized carbons (Fsp3) is 0.947. The van der Waals surface area contributed by atoms with Crippen LogP contribution in [0.4, 0.5) is 0 Å². The van der Waals surface area contributed by atoms with Gasteiger partial charge in [0.2, 0.25) is 0 Å². The van der Waals surface area contributed by atoms with Crippen molar-refractivity contribution >= 4 is 21.9 Å². The summed E-state index contributed by atoms with van der Waals surface area (Å²) in [6.07, 6.45) is 6.97. The molecule has 0 amide bonds. The summed E-state index contributed by atoms with van der Waals surface area (Å²) in [4.78, 5) is 12.1. The Balaban J connectivity index is 1.69. The Labute approximate surface area is 147 Å². The molecule has 1 heterocycles. The minimum Gasteiger partial charge on any atom is -0.461 e. The summed E-state index contributed by atoms with van der Waals surface area (Å²) in [7, 11) is 0. The van der Waals surface area contributed by atoms with Gasteiger partial charge in [-0.2, -0.15) is 0 Å². The van der Waals surface area contributed by atoms with Crippen molar-refractivity contribution in [2.45, 2.75) is 82.2 Å². The number of esters is 1. The molecule has 3 saturated carbocycles. The minimum absolute atomic E-state index is 0.0243. The SMILES string of the molecule is CC1(O)CC[C@H]2[C@@H]3CC(Br)C4OC(=O)CC[C@]4(C)[C@@H]3CC[C@@]21C. The lowest BCUT2D eigenvalue weighted by Crippen LogP contribution is -2.61. The molecular weight excluding hydrogens is 356 g/mol. The summed E-state index contributed by atoms with van der Waals surface area (Å²) in [6, 6.07) is 0. The van der Waals surface area contributed by atoms with Crippen molar-refractivity contribution in [2.24, 2.45) is 28.6 Å². The third-order valence-corrected chi connectivity index (χ3v) is 9.30. The van der Waals surface area contributed by atoms with Crippen LogP contribution in [-0.2, 0) is 9.53 Å². The molecule has 3 unspecified atom stereocenters. The number of carbonyl (C=O) groups is 1. The maximum atomic E-state index is 11.8. The second kappa shape index (κ2) is 4.97. The first-order valence-electron chi connectivity index (χ1n) is 9.25. The van der Waals surface area contributed by atoms with Crippen LogP contribution in [0.1, 0.15) is 65.7 Å². The first kappa shape index (κ1) is 16.4. The van der Waals surface area contributed by atoms with Crippen molar-refractivity contribution in [3.63, 3.8) is 0 Å². The van der Waals surface area contributed by atoms with Crippen molar-refractivity contribution in [1.82, 2.24) is 0 Å². The first-order chi connectivity index (χ1) is 10.7. The van der Waals surface area contributed by atoms with Crippen LogP contribution < -0.4 is 0 Å². The molecule has 8 atom stereocenters. The van der Waals surface area contributed by atoms with Gasteiger partial charge in [-0.1, -0.05) is 29.8 Å². The number of alkyl halides is 1. The number of rotatable bonds is 0. The standard InChI is InChI=1S/C19H29BrO3/c1-17-7-6-15(21)23-16(17)14(20)10-11-12(17)4-8-18(2)13(11)5-9-19(18,3)22/h11-14,16,22H,4-10H2,1-3H3/t11-,12-,13+,14?,16?,17-,18+,19?/m1/s1. The molecule has 4 aliphatic rings. The molecule has 3 nitrogen and oxygen atoms in total.